The van der Waals surface area contributed by atoms with Gasteiger partial charge in [0.15, 0.2) is 17.3 Å². The number of alkyl halides is 2. The minimum atomic E-state index is -3.18. The van der Waals surface area contributed by atoms with Gasteiger partial charge in [-0.1, -0.05) is 6.07 Å². The molecule has 0 atom stereocenters. The number of halogens is 2. The smallest absolute Gasteiger partial charge is 0.303 e. The van der Waals surface area contributed by atoms with Gasteiger partial charge in [-0.05, 0) is 25.5 Å². The molecule has 3 aromatic heterocycles. The van der Waals surface area contributed by atoms with Crippen LogP contribution in [0.1, 0.15) is 40.1 Å². The Morgan fingerprint density at radius 1 is 1.29 bits per heavy atom. The van der Waals surface area contributed by atoms with Crippen LogP contribution in [0.25, 0.3) is 11.6 Å². The summed E-state index contributed by atoms with van der Waals surface area (Å²) in [5, 5.41) is 2.69. The first-order chi connectivity index (χ1) is 13.2. The summed E-state index contributed by atoms with van der Waals surface area (Å²) in [7, 11) is 0. The number of nitrogens with one attached hydrogen (secondary N) is 1. The number of nitrogens with two attached hydrogens (primary N) is 1. The van der Waals surface area contributed by atoms with E-state index < -0.39 is 17.6 Å². The van der Waals surface area contributed by atoms with Crippen LogP contribution in [-0.4, -0.2) is 25.8 Å². The molecule has 146 valence electrons. The number of hydrogen-bond donors (Lipinski definition) is 2. The van der Waals surface area contributed by atoms with Gasteiger partial charge in [-0.2, -0.15) is 8.78 Å². The molecule has 0 bridgehead atoms. The standard InChI is InChI=1S/C18H18F2N6O2/c1-9-5-4-6-22-11(9)7-23-16(27)14-15(21)26-13(10(2)25-14)17-24-8-12(28-17)18(3,19)20/h4-6,8H,7H2,1-3H3,(H2,21,26)(H,23,27). The number of oxazole rings is 1. The number of amides is 1. The Kier molecular flexibility index (Phi) is 5.04. The second-order valence-corrected chi connectivity index (χ2v) is 6.26. The lowest BCUT2D eigenvalue weighted by atomic mass is 10.2. The van der Waals surface area contributed by atoms with Crippen molar-refractivity contribution >= 4 is 11.7 Å². The van der Waals surface area contributed by atoms with Crippen molar-refractivity contribution in [3.05, 3.63) is 52.9 Å². The number of pyridine rings is 1. The molecule has 0 fully saturated rings. The Bertz CT molecular complexity index is 1030. The molecule has 28 heavy (non-hydrogen) atoms. The number of rotatable bonds is 5. The molecule has 0 aliphatic rings. The van der Waals surface area contributed by atoms with Gasteiger partial charge in [-0.25, -0.2) is 15.0 Å². The summed E-state index contributed by atoms with van der Waals surface area (Å²) in [5.41, 5.74) is 7.77. The summed E-state index contributed by atoms with van der Waals surface area (Å²) < 4.78 is 31.7. The van der Waals surface area contributed by atoms with Crippen molar-refractivity contribution in [2.45, 2.75) is 33.2 Å². The van der Waals surface area contributed by atoms with Crippen LogP contribution in [0.2, 0.25) is 0 Å². The molecule has 0 saturated heterocycles. The Hall–Kier alpha value is -3.43. The molecule has 0 aliphatic heterocycles. The van der Waals surface area contributed by atoms with Crippen LogP contribution in [0, 0.1) is 13.8 Å². The van der Waals surface area contributed by atoms with Crippen LogP contribution in [-0.2, 0) is 12.5 Å². The van der Waals surface area contributed by atoms with Crippen LogP contribution < -0.4 is 11.1 Å². The van der Waals surface area contributed by atoms with E-state index in [0.29, 0.717) is 12.6 Å². The van der Waals surface area contributed by atoms with Gasteiger partial charge in [0.05, 0.1) is 24.1 Å². The molecule has 0 unspecified atom stereocenters. The van der Waals surface area contributed by atoms with E-state index in [2.05, 4.69) is 25.3 Å². The van der Waals surface area contributed by atoms with E-state index in [0.717, 1.165) is 11.8 Å². The van der Waals surface area contributed by atoms with Crippen molar-refractivity contribution in [1.82, 2.24) is 25.3 Å². The molecule has 0 radical (unpaired) electrons. The average Bonchev–Trinajstić information content (AvgIpc) is 3.12. The highest BCUT2D eigenvalue weighted by atomic mass is 19.3. The minimum absolute atomic E-state index is 0.0811. The van der Waals surface area contributed by atoms with Crippen molar-refractivity contribution in [3.63, 3.8) is 0 Å². The fraction of sp³-hybridized carbons (Fsp3) is 0.278. The zero-order chi connectivity index (χ0) is 20.5. The molecule has 8 nitrogen and oxygen atoms in total. The van der Waals surface area contributed by atoms with Gasteiger partial charge < -0.3 is 15.5 Å². The predicted octanol–water partition coefficient (Wildman–Crippen LogP) is 2.77. The van der Waals surface area contributed by atoms with E-state index >= 15 is 0 Å². The second-order valence-electron chi connectivity index (χ2n) is 6.26. The van der Waals surface area contributed by atoms with Crippen LogP contribution in [0.15, 0.2) is 28.9 Å². The molecule has 3 aromatic rings. The first-order valence-electron chi connectivity index (χ1n) is 8.34. The fourth-order valence-electron chi connectivity index (χ4n) is 2.44. The highest BCUT2D eigenvalue weighted by Gasteiger charge is 2.30. The third-order valence-corrected chi connectivity index (χ3v) is 3.99. The first-order valence-corrected chi connectivity index (χ1v) is 8.34. The third-order valence-electron chi connectivity index (χ3n) is 3.99. The average molecular weight is 388 g/mol. The Labute approximate surface area is 159 Å². The van der Waals surface area contributed by atoms with Gasteiger partial charge in [0.2, 0.25) is 5.89 Å². The van der Waals surface area contributed by atoms with E-state index in [1.54, 1.807) is 19.2 Å². The van der Waals surface area contributed by atoms with E-state index in [4.69, 9.17) is 10.2 Å². The summed E-state index contributed by atoms with van der Waals surface area (Å²) >= 11 is 0. The quantitative estimate of drug-likeness (QED) is 0.689. The largest absolute Gasteiger partial charge is 0.433 e. The fourth-order valence-corrected chi connectivity index (χ4v) is 2.44. The van der Waals surface area contributed by atoms with Gasteiger partial charge in [0.1, 0.15) is 5.69 Å². The molecule has 3 rings (SSSR count). The van der Waals surface area contributed by atoms with Crippen LogP contribution in [0.4, 0.5) is 14.6 Å². The first kappa shape index (κ1) is 19.3. The maximum absolute atomic E-state index is 13.3. The third kappa shape index (κ3) is 3.95. The van der Waals surface area contributed by atoms with Crippen molar-refractivity contribution in [2.75, 3.05) is 5.73 Å². The number of nitrogen functional groups attached to an aromatic ring is 1. The van der Waals surface area contributed by atoms with Crippen molar-refractivity contribution in [3.8, 4) is 11.6 Å². The van der Waals surface area contributed by atoms with E-state index in [1.807, 2.05) is 13.0 Å². The zero-order valence-corrected chi connectivity index (χ0v) is 15.5. The molecule has 1 amide bonds. The lowest BCUT2D eigenvalue weighted by Crippen LogP contribution is -2.26. The van der Waals surface area contributed by atoms with Crippen molar-refractivity contribution in [1.29, 1.82) is 0 Å². The summed E-state index contributed by atoms with van der Waals surface area (Å²) in [5.74, 6) is -4.63. The zero-order valence-electron chi connectivity index (χ0n) is 15.5. The highest BCUT2D eigenvalue weighted by molar-refractivity contribution is 5.96. The highest BCUT2D eigenvalue weighted by Crippen LogP contribution is 2.31. The maximum atomic E-state index is 13.3. The van der Waals surface area contributed by atoms with E-state index in [1.165, 1.54) is 0 Å². The topological polar surface area (TPSA) is 120 Å². The van der Waals surface area contributed by atoms with Gasteiger partial charge in [-0.3, -0.25) is 9.78 Å². The molecule has 0 spiro atoms. The van der Waals surface area contributed by atoms with Crippen molar-refractivity contribution < 1.29 is 18.0 Å². The van der Waals surface area contributed by atoms with Crippen LogP contribution >= 0.6 is 0 Å². The second kappa shape index (κ2) is 7.29. The minimum Gasteiger partial charge on any atom is -0.433 e. The molecule has 0 aliphatic carbocycles. The molecule has 0 aromatic carbocycles. The van der Waals surface area contributed by atoms with Gasteiger partial charge in [-0.15, -0.1) is 0 Å². The number of carbonyl (C=O) groups excluding carboxylic acids is 1. The Morgan fingerprint density at radius 2 is 2.04 bits per heavy atom. The molecule has 3 heterocycles. The molecular weight excluding hydrogens is 370 g/mol. The molecule has 3 N–H and O–H groups in total. The van der Waals surface area contributed by atoms with Gasteiger partial charge >= 0.3 is 5.92 Å². The lowest BCUT2D eigenvalue weighted by Gasteiger charge is -2.10. The Balaban J connectivity index is 1.82. The van der Waals surface area contributed by atoms with E-state index in [9.17, 15) is 13.6 Å². The summed E-state index contributed by atoms with van der Waals surface area (Å²) in [6.07, 6.45) is 2.55. The van der Waals surface area contributed by atoms with Crippen molar-refractivity contribution in [2.24, 2.45) is 0 Å². The molecule has 0 saturated carbocycles. The normalized spacial score (nSPS) is 11.5. The SMILES string of the molecule is Cc1cccnc1CNC(=O)c1nc(C)c(-c2ncc(C(C)(F)F)o2)nc1N. The Morgan fingerprint density at radius 3 is 2.68 bits per heavy atom. The predicted molar refractivity (Wildman–Crippen MR) is 96.4 cm³/mol. The summed E-state index contributed by atoms with van der Waals surface area (Å²) in [6, 6.07) is 3.68. The molecular formula is C18H18F2N6O2. The maximum Gasteiger partial charge on any atom is 0.303 e. The van der Waals surface area contributed by atoms with Gasteiger partial charge in [0.25, 0.3) is 5.91 Å². The number of anilines is 1. The summed E-state index contributed by atoms with van der Waals surface area (Å²) in [6.45, 7) is 4.32. The number of carbonyl (C=O) groups is 1. The van der Waals surface area contributed by atoms with Crippen LogP contribution in [0.3, 0.4) is 0 Å². The monoisotopic (exact) mass is 388 g/mol. The lowest BCUT2D eigenvalue weighted by molar-refractivity contribution is -0.00473. The summed E-state index contributed by atoms with van der Waals surface area (Å²) in [4.78, 5) is 28.6. The number of aromatic nitrogens is 4. The van der Waals surface area contributed by atoms with E-state index in [-0.39, 0.29) is 35.3 Å². The van der Waals surface area contributed by atoms with Crippen LogP contribution in [0.5, 0.6) is 0 Å². The number of aryl methyl sites for hydroxylation is 2. The number of hydrogen-bond acceptors (Lipinski definition) is 7. The number of nitrogens with zero attached hydrogens (tertiary/aromatic N) is 4. The molecule has 10 heteroatoms. The van der Waals surface area contributed by atoms with Gasteiger partial charge in [0, 0.05) is 13.1 Å².